The van der Waals surface area contributed by atoms with Gasteiger partial charge in [0.2, 0.25) is 0 Å². The van der Waals surface area contributed by atoms with Gasteiger partial charge in [0.1, 0.15) is 6.20 Å². The Morgan fingerprint density at radius 1 is 1.60 bits per heavy atom. The molecule has 20 heavy (non-hydrogen) atoms. The summed E-state index contributed by atoms with van der Waals surface area (Å²) in [5.41, 5.74) is 0.756. The van der Waals surface area contributed by atoms with Gasteiger partial charge in [-0.3, -0.25) is 10.1 Å². The van der Waals surface area contributed by atoms with Crippen molar-refractivity contribution in [3.05, 3.63) is 38.2 Å². The topological polar surface area (TPSA) is 96.6 Å². The van der Waals surface area contributed by atoms with E-state index in [1.54, 1.807) is 11.0 Å². The molecule has 1 aliphatic heterocycles. The number of hydrogen-bond acceptors (Lipinski definition) is 7. The van der Waals surface area contributed by atoms with Crippen LogP contribution in [0.15, 0.2) is 17.6 Å². The van der Waals surface area contributed by atoms with Gasteiger partial charge in [0.05, 0.1) is 4.92 Å². The van der Waals surface area contributed by atoms with E-state index in [0.717, 1.165) is 28.2 Å². The second-order valence-electron chi connectivity index (χ2n) is 4.22. The van der Waals surface area contributed by atoms with Crippen LogP contribution in [0.4, 0.5) is 10.1 Å². The lowest BCUT2D eigenvalue weighted by atomic mass is 10.0. The van der Waals surface area contributed by atoms with Crippen molar-refractivity contribution in [2.45, 2.75) is 12.5 Å². The number of aliphatic carboxylic acids is 1. The Labute approximate surface area is 121 Å². The van der Waals surface area contributed by atoms with E-state index in [1.165, 1.54) is 17.5 Å². The maximum Gasteiger partial charge on any atom is 0.345 e. The van der Waals surface area contributed by atoms with Gasteiger partial charge in [0.25, 0.3) is 0 Å². The molecule has 0 fully saturated rings. The fourth-order valence-electron chi connectivity index (χ4n) is 2.26. The van der Waals surface area contributed by atoms with E-state index >= 15 is 0 Å². The number of nitrogens with zero attached hydrogens (tertiary/aromatic N) is 3. The normalized spacial score (nSPS) is 17.8. The molecule has 1 aliphatic rings. The van der Waals surface area contributed by atoms with E-state index in [4.69, 9.17) is 0 Å². The van der Waals surface area contributed by atoms with E-state index in [2.05, 4.69) is 4.98 Å². The number of carbonyl (C=O) groups is 1. The highest BCUT2D eigenvalue weighted by Crippen LogP contribution is 2.39. The number of anilines is 1. The molecule has 0 bridgehead atoms. The first-order valence-electron chi connectivity index (χ1n) is 5.74. The molecule has 3 rings (SSSR count). The lowest BCUT2D eigenvalue weighted by Gasteiger charge is -2.32. The van der Waals surface area contributed by atoms with Crippen molar-refractivity contribution in [1.82, 2.24) is 4.98 Å². The minimum atomic E-state index is -0.970. The van der Waals surface area contributed by atoms with Crippen LogP contribution in [0.25, 0.3) is 0 Å². The van der Waals surface area contributed by atoms with E-state index in [0.29, 0.717) is 11.7 Å². The minimum Gasteiger partial charge on any atom is -0.479 e. The monoisotopic (exact) mass is 311 g/mol. The molecular formula is C11H9N3O4S2. The number of thiophene rings is 1. The summed E-state index contributed by atoms with van der Waals surface area (Å²) in [6.07, 6.45) is 1.90. The molecule has 3 heterocycles. The highest BCUT2D eigenvalue weighted by molar-refractivity contribution is 7.18. The van der Waals surface area contributed by atoms with Crippen LogP contribution in [0.2, 0.25) is 0 Å². The minimum absolute atomic E-state index is 0.0831. The molecule has 104 valence electrons. The third-order valence-electron chi connectivity index (χ3n) is 3.11. The summed E-state index contributed by atoms with van der Waals surface area (Å²) in [5, 5.41) is 22.3. The van der Waals surface area contributed by atoms with E-state index in [-0.39, 0.29) is 5.00 Å². The van der Waals surface area contributed by atoms with E-state index < -0.39 is 16.9 Å². The standard InChI is InChI=1S/C11H9N3O4S2/c15-10(16)9-6-2-4-19-7(6)1-3-13(9)11-12-5-8(20-11)14(17)18/h2,4-5,9H,1,3H2,(H,15,16). The van der Waals surface area contributed by atoms with Gasteiger partial charge in [-0.15, -0.1) is 11.3 Å². The molecule has 2 aromatic heterocycles. The maximum absolute atomic E-state index is 11.5. The van der Waals surface area contributed by atoms with E-state index in [1.807, 2.05) is 5.38 Å². The van der Waals surface area contributed by atoms with Crippen LogP contribution >= 0.6 is 22.7 Å². The zero-order chi connectivity index (χ0) is 14.3. The second kappa shape index (κ2) is 4.84. The Balaban J connectivity index is 2.00. The molecule has 0 aromatic carbocycles. The zero-order valence-electron chi connectivity index (χ0n) is 10.1. The molecular weight excluding hydrogens is 302 g/mol. The van der Waals surface area contributed by atoms with Gasteiger partial charge in [-0.1, -0.05) is 0 Å². The Morgan fingerprint density at radius 2 is 2.40 bits per heavy atom. The molecule has 0 saturated heterocycles. The van der Waals surface area contributed by atoms with Crippen LogP contribution in [0.3, 0.4) is 0 Å². The summed E-state index contributed by atoms with van der Waals surface area (Å²) < 4.78 is 0. The van der Waals surface area contributed by atoms with E-state index in [9.17, 15) is 20.0 Å². The molecule has 0 saturated carbocycles. The van der Waals surface area contributed by atoms with Crippen molar-refractivity contribution in [3.63, 3.8) is 0 Å². The lowest BCUT2D eigenvalue weighted by molar-refractivity contribution is -0.380. The van der Waals surface area contributed by atoms with Gasteiger partial charge >= 0.3 is 11.0 Å². The molecule has 0 spiro atoms. The van der Waals surface area contributed by atoms with Crippen molar-refractivity contribution < 1.29 is 14.8 Å². The number of thiazole rings is 1. The molecule has 0 aliphatic carbocycles. The number of carboxylic acid groups (broad SMARTS) is 1. The second-order valence-corrected chi connectivity index (χ2v) is 6.21. The van der Waals surface area contributed by atoms with Crippen LogP contribution in [-0.4, -0.2) is 27.5 Å². The number of rotatable bonds is 3. The van der Waals surface area contributed by atoms with Crippen molar-refractivity contribution in [2.24, 2.45) is 0 Å². The Bertz CT molecular complexity index is 681. The lowest BCUT2D eigenvalue weighted by Crippen LogP contribution is -2.39. The molecule has 2 aromatic rings. The third kappa shape index (κ3) is 2.04. The first-order chi connectivity index (χ1) is 9.58. The molecule has 0 radical (unpaired) electrons. The van der Waals surface area contributed by atoms with Gasteiger partial charge in [0.15, 0.2) is 11.2 Å². The highest BCUT2D eigenvalue weighted by atomic mass is 32.1. The Kier molecular flexibility index (Phi) is 3.14. The number of nitro groups is 1. The number of hydrogen-bond donors (Lipinski definition) is 1. The summed E-state index contributed by atoms with van der Waals surface area (Å²) >= 11 is 2.44. The quantitative estimate of drug-likeness (QED) is 0.690. The van der Waals surface area contributed by atoms with Crippen LogP contribution in [0.5, 0.6) is 0 Å². The smallest absolute Gasteiger partial charge is 0.345 e. The summed E-state index contributed by atoms with van der Waals surface area (Å²) in [7, 11) is 0. The van der Waals surface area contributed by atoms with Gasteiger partial charge in [-0.05, 0) is 34.8 Å². The Hall–Kier alpha value is -2.00. The predicted octanol–water partition coefficient (Wildman–Crippen LogP) is 2.30. The van der Waals surface area contributed by atoms with Crippen molar-refractivity contribution in [1.29, 1.82) is 0 Å². The van der Waals surface area contributed by atoms with Crippen LogP contribution in [0.1, 0.15) is 16.5 Å². The summed E-state index contributed by atoms with van der Waals surface area (Å²) in [5.74, 6) is -0.970. The number of carboxylic acids is 1. The average molecular weight is 311 g/mol. The fraction of sp³-hybridized carbons (Fsp3) is 0.273. The fourth-order valence-corrected chi connectivity index (χ4v) is 3.95. The first-order valence-corrected chi connectivity index (χ1v) is 7.43. The van der Waals surface area contributed by atoms with Crippen LogP contribution in [-0.2, 0) is 11.2 Å². The van der Waals surface area contributed by atoms with Crippen molar-refractivity contribution in [2.75, 3.05) is 11.4 Å². The molecule has 1 atom stereocenters. The van der Waals surface area contributed by atoms with Gasteiger partial charge < -0.3 is 10.0 Å². The number of fused-ring (bicyclic) bond motifs is 1. The zero-order valence-corrected chi connectivity index (χ0v) is 11.7. The van der Waals surface area contributed by atoms with Gasteiger partial charge in [0, 0.05) is 11.4 Å². The van der Waals surface area contributed by atoms with Gasteiger partial charge in [-0.2, -0.15) is 0 Å². The third-order valence-corrected chi connectivity index (χ3v) is 5.09. The predicted molar refractivity (Wildman–Crippen MR) is 74.5 cm³/mol. The maximum atomic E-state index is 11.5. The SMILES string of the molecule is O=C(O)C1c2ccsc2CCN1c1ncc([N+](=O)[O-])s1. The van der Waals surface area contributed by atoms with Gasteiger partial charge in [-0.25, -0.2) is 9.78 Å². The number of aromatic nitrogens is 1. The first kappa shape index (κ1) is 13.0. The summed E-state index contributed by atoms with van der Waals surface area (Å²) in [6, 6.07) is 0.975. The highest BCUT2D eigenvalue weighted by Gasteiger charge is 2.35. The average Bonchev–Trinajstić information content (AvgIpc) is 3.05. The summed E-state index contributed by atoms with van der Waals surface area (Å²) in [4.78, 5) is 28.4. The molecule has 1 N–H and O–H groups in total. The summed E-state index contributed by atoms with van der Waals surface area (Å²) in [6.45, 7) is 0.495. The van der Waals surface area contributed by atoms with Crippen molar-refractivity contribution in [3.8, 4) is 0 Å². The van der Waals surface area contributed by atoms with Crippen LogP contribution in [0, 0.1) is 10.1 Å². The largest absolute Gasteiger partial charge is 0.479 e. The molecule has 7 nitrogen and oxygen atoms in total. The molecule has 0 amide bonds. The Morgan fingerprint density at radius 3 is 3.05 bits per heavy atom. The molecule has 1 unspecified atom stereocenters. The van der Waals surface area contributed by atoms with Crippen LogP contribution < -0.4 is 4.90 Å². The van der Waals surface area contributed by atoms with Crippen molar-refractivity contribution >= 4 is 38.8 Å². The molecule has 9 heteroatoms.